The normalized spacial score (nSPS) is 18.8. The number of thiazole rings is 1. The van der Waals surface area contributed by atoms with Crippen molar-refractivity contribution < 1.29 is 0 Å². The third kappa shape index (κ3) is 2.64. The van der Waals surface area contributed by atoms with Gasteiger partial charge in [0.1, 0.15) is 0 Å². The summed E-state index contributed by atoms with van der Waals surface area (Å²) in [5.41, 5.74) is 7.36. The van der Waals surface area contributed by atoms with Crippen molar-refractivity contribution in [2.45, 2.75) is 38.5 Å². The van der Waals surface area contributed by atoms with E-state index in [0.29, 0.717) is 0 Å². The molecule has 1 aromatic heterocycles. The molecule has 0 unspecified atom stereocenters. The number of hydrogen-bond donors (Lipinski definition) is 1. The Morgan fingerprint density at radius 3 is 2.74 bits per heavy atom. The number of halogens is 1. The Morgan fingerprint density at radius 1 is 1.26 bits per heavy atom. The molecule has 2 N–H and O–H groups in total. The quantitative estimate of drug-likeness (QED) is 0.911. The van der Waals surface area contributed by atoms with Crippen molar-refractivity contribution in [2.24, 2.45) is 11.1 Å². The van der Waals surface area contributed by atoms with Gasteiger partial charge in [-0.3, -0.25) is 0 Å². The van der Waals surface area contributed by atoms with Gasteiger partial charge in [-0.05, 0) is 36.9 Å². The van der Waals surface area contributed by atoms with Gasteiger partial charge in [0.25, 0.3) is 0 Å². The van der Waals surface area contributed by atoms with E-state index in [-0.39, 0.29) is 5.41 Å². The molecule has 102 valence electrons. The molecule has 0 aliphatic heterocycles. The van der Waals surface area contributed by atoms with Gasteiger partial charge >= 0.3 is 0 Å². The molecule has 2 nitrogen and oxygen atoms in total. The van der Waals surface area contributed by atoms with Crippen LogP contribution in [0.25, 0.3) is 10.2 Å². The highest BCUT2D eigenvalue weighted by molar-refractivity contribution is 7.19. The van der Waals surface area contributed by atoms with Crippen LogP contribution in [0.1, 0.15) is 37.1 Å². The van der Waals surface area contributed by atoms with E-state index in [1.807, 2.05) is 18.2 Å². The minimum absolute atomic E-state index is 0.276. The van der Waals surface area contributed by atoms with Crippen LogP contribution in [0.3, 0.4) is 0 Å². The van der Waals surface area contributed by atoms with Crippen LogP contribution in [0.2, 0.25) is 5.02 Å². The number of rotatable bonds is 3. The minimum atomic E-state index is 0.276. The Labute approximate surface area is 123 Å². The highest BCUT2D eigenvalue weighted by atomic mass is 35.5. The van der Waals surface area contributed by atoms with Gasteiger partial charge in [0.05, 0.1) is 20.2 Å². The molecule has 1 aromatic carbocycles. The zero-order chi connectivity index (χ0) is 13.3. The van der Waals surface area contributed by atoms with Crippen LogP contribution in [0.4, 0.5) is 0 Å². The van der Waals surface area contributed by atoms with Crippen LogP contribution in [-0.4, -0.2) is 11.5 Å². The largest absolute Gasteiger partial charge is 0.330 e. The second-order valence-electron chi connectivity index (χ2n) is 5.64. The Morgan fingerprint density at radius 2 is 2.05 bits per heavy atom. The zero-order valence-electron chi connectivity index (χ0n) is 11.0. The highest BCUT2D eigenvalue weighted by Crippen LogP contribution is 2.40. The third-order valence-corrected chi connectivity index (χ3v) is 5.82. The standard InChI is InChI=1S/C15H19ClN2S/c16-11-5-4-6-12-14(11)19-13(18-12)9-15(10-17)7-2-1-3-8-15/h4-6H,1-3,7-10,17H2. The Kier molecular flexibility index (Phi) is 3.79. The predicted molar refractivity (Wildman–Crippen MR) is 82.9 cm³/mol. The van der Waals surface area contributed by atoms with Crippen molar-refractivity contribution in [3.8, 4) is 0 Å². The summed E-state index contributed by atoms with van der Waals surface area (Å²) in [5, 5.41) is 2.00. The number of benzene rings is 1. The first-order valence-electron chi connectivity index (χ1n) is 6.96. The van der Waals surface area contributed by atoms with E-state index in [1.165, 1.54) is 37.1 Å². The second kappa shape index (κ2) is 5.39. The van der Waals surface area contributed by atoms with E-state index in [2.05, 4.69) is 0 Å². The molecule has 0 amide bonds. The van der Waals surface area contributed by atoms with Crippen LogP contribution in [0.5, 0.6) is 0 Å². The lowest BCUT2D eigenvalue weighted by Gasteiger charge is -2.35. The molecule has 0 spiro atoms. The van der Waals surface area contributed by atoms with Crippen LogP contribution in [-0.2, 0) is 6.42 Å². The van der Waals surface area contributed by atoms with E-state index in [0.717, 1.165) is 28.2 Å². The van der Waals surface area contributed by atoms with Crippen LogP contribution >= 0.6 is 22.9 Å². The van der Waals surface area contributed by atoms with Crippen molar-refractivity contribution in [3.05, 3.63) is 28.2 Å². The summed E-state index contributed by atoms with van der Waals surface area (Å²) < 4.78 is 1.11. The van der Waals surface area contributed by atoms with Crippen molar-refractivity contribution in [1.82, 2.24) is 4.98 Å². The number of hydrogen-bond acceptors (Lipinski definition) is 3. The molecule has 1 heterocycles. The lowest BCUT2D eigenvalue weighted by Crippen LogP contribution is -2.34. The first-order chi connectivity index (χ1) is 9.22. The van der Waals surface area contributed by atoms with Gasteiger partial charge in [-0.15, -0.1) is 11.3 Å². The predicted octanol–water partition coefficient (Wildman–Crippen LogP) is 4.40. The topological polar surface area (TPSA) is 38.9 Å². The van der Waals surface area contributed by atoms with Crippen LogP contribution in [0, 0.1) is 5.41 Å². The summed E-state index contributed by atoms with van der Waals surface area (Å²) in [6.07, 6.45) is 7.47. The maximum Gasteiger partial charge on any atom is 0.0945 e. The molecule has 0 bridgehead atoms. The van der Waals surface area contributed by atoms with Gasteiger partial charge in [0.2, 0.25) is 0 Å². The summed E-state index contributed by atoms with van der Waals surface area (Å²) in [7, 11) is 0. The number of nitrogens with zero attached hydrogens (tertiary/aromatic N) is 1. The molecule has 2 aromatic rings. The highest BCUT2D eigenvalue weighted by Gasteiger charge is 2.31. The first kappa shape index (κ1) is 13.3. The molecule has 1 aliphatic carbocycles. The first-order valence-corrected chi connectivity index (χ1v) is 8.16. The molecule has 3 rings (SSSR count). The maximum atomic E-state index is 6.23. The van der Waals surface area contributed by atoms with E-state index in [1.54, 1.807) is 11.3 Å². The summed E-state index contributed by atoms with van der Waals surface area (Å²) in [5.74, 6) is 0. The SMILES string of the molecule is NCC1(Cc2nc3cccc(Cl)c3s2)CCCCC1. The Hall–Kier alpha value is -0.640. The molecule has 1 fully saturated rings. The van der Waals surface area contributed by atoms with E-state index in [9.17, 15) is 0 Å². The fourth-order valence-electron chi connectivity index (χ4n) is 3.11. The second-order valence-corrected chi connectivity index (χ2v) is 7.13. The van der Waals surface area contributed by atoms with Gasteiger partial charge in [-0.1, -0.05) is 36.9 Å². The average molecular weight is 295 g/mol. The van der Waals surface area contributed by atoms with E-state index >= 15 is 0 Å². The summed E-state index contributed by atoms with van der Waals surface area (Å²) in [6.45, 7) is 0.774. The molecule has 1 aliphatic rings. The van der Waals surface area contributed by atoms with Crippen molar-refractivity contribution >= 4 is 33.2 Å². The van der Waals surface area contributed by atoms with Crippen LogP contribution in [0.15, 0.2) is 18.2 Å². The fourth-order valence-corrected chi connectivity index (χ4v) is 4.54. The lowest BCUT2D eigenvalue weighted by atomic mass is 9.72. The molecule has 0 radical (unpaired) electrons. The number of fused-ring (bicyclic) bond motifs is 1. The number of aromatic nitrogens is 1. The van der Waals surface area contributed by atoms with Crippen molar-refractivity contribution in [3.63, 3.8) is 0 Å². The Bertz CT molecular complexity index is 573. The molecule has 4 heteroatoms. The minimum Gasteiger partial charge on any atom is -0.330 e. The monoisotopic (exact) mass is 294 g/mol. The summed E-state index contributed by atoms with van der Waals surface area (Å²) >= 11 is 7.96. The molecule has 19 heavy (non-hydrogen) atoms. The molecular formula is C15H19ClN2S. The maximum absolute atomic E-state index is 6.23. The Balaban J connectivity index is 1.89. The van der Waals surface area contributed by atoms with Gasteiger partial charge < -0.3 is 5.73 Å². The van der Waals surface area contributed by atoms with Crippen molar-refractivity contribution in [1.29, 1.82) is 0 Å². The van der Waals surface area contributed by atoms with Gasteiger partial charge in [0, 0.05) is 6.42 Å². The van der Waals surface area contributed by atoms with Crippen LogP contribution < -0.4 is 5.73 Å². The smallest absolute Gasteiger partial charge is 0.0945 e. The summed E-state index contributed by atoms with van der Waals surface area (Å²) in [4.78, 5) is 4.74. The molecule has 1 saturated carbocycles. The molecular weight excluding hydrogens is 276 g/mol. The number of nitrogens with two attached hydrogens (primary N) is 1. The van der Waals surface area contributed by atoms with Gasteiger partial charge in [-0.25, -0.2) is 4.98 Å². The molecule has 0 atom stereocenters. The van der Waals surface area contributed by atoms with Gasteiger partial charge in [-0.2, -0.15) is 0 Å². The average Bonchev–Trinajstić information content (AvgIpc) is 2.83. The lowest BCUT2D eigenvalue weighted by molar-refractivity contribution is 0.197. The fraction of sp³-hybridized carbons (Fsp3) is 0.533. The van der Waals surface area contributed by atoms with Gasteiger partial charge in [0.15, 0.2) is 0 Å². The zero-order valence-corrected chi connectivity index (χ0v) is 12.6. The summed E-state index contributed by atoms with van der Waals surface area (Å²) in [6, 6.07) is 5.94. The molecule has 0 saturated heterocycles. The third-order valence-electron chi connectivity index (χ3n) is 4.28. The van der Waals surface area contributed by atoms with Crippen molar-refractivity contribution in [2.75, 3.05) is 6.54 Å². The van der Waals surface area contributed by atoms with E-state index in [4.69, 9.17) is 22.3 Å². The van der Waals surface area contributed by atoms with E-state index < -0.39 is 0 Å².